The zero-order chi connectivity index (χ0) is 28.3. The average molecular weight is 550 g/mol. The summed E-state index contributed by atoms with van der Waals surface area (Å²) in [6, 6.07) is 15.2. The molecule has 0 spiro atoms. The van der Waals surface area contributed by atoms with Crippen molar-refractivity contribution in [3.05, 3.63) is 99.4 Å². The van der Waals surface area contributed by atoms with Gasteiger partial charge in [0.1, 0.15) is 24.2 Å². The van der Waals surface area contributed by atoms with E-state index in [2.05, 4.69) is 47.1 Å². The lowest BCUT2D eigenvalue weighted by molar-refractivity contribution is 0.0738. The summed E-state index contributed by atoms with van der Waals surface area (Å²) >= 11 is 0. The Balaban J connectivity index is 1.13. The number of carbonyl (C=O) groups excluding carboxylic acids is 1. The molecule has 3 aromatic heterocycles. The number of nitrogens with one attached hydrogen (secondary N) is 1. The number of amides is 1. The maximum absolute atomic E-state index is 13.3. The lowest BCUT2D eigenvalue weighted by atomic mass is 10.1. The van der Waals surface area contributed by atoms with Crippen molar-refractivity contribution in [3.63, 3.8) is 0 Å². The van der Waals surface area contributed by atoms with Crippen molar-refractivity contribution >= 4 is 17.4 Å². The second-order valence-electron chi connectivity index (χ2n) is 9.88. The molecule has 1 unspecified atom stereocenters. The number of aromatic amines is 1. The van der Waals surface area contributed by atoms with E-state index < -0.39 is 0 Å². The van der Waals surface area contributed by atoms with Crippen LogP contribution in [0.3, 0.4) is 0 Å². The van der Waals surface area contributed by atoms with Crippen molar-refractivity contribution in [2.75, 3.05) is 42.6 Å². The number of fused-ring (bicyclic) bond motifs is 1. The van der Waals surface area contributed by atoms with E-state index in [0.717, 1.165) is 22.6 Å². The van der Waals surface area contributed by atoms with Gasteiger partial charge in [-0.25, -0.2) is 15.1 Å². The molecule has 1 atom stereocenters. The van der Waals surface area contributed by atoms with E-state index in [-0.39, 0.29) is 35.8 Å². The number of hydrogen-bond donors (Lipinski definition) is 1. The van der Waals surface area contributed by atoms with Crippen LogP contribution in [0.25, 0.3) is 0 Å². The Morgan fingerprint density at radius 2 is 1.93 bits per heavy atom. The molecule has 0 saturated carbocycles. The lowest BCUT2D eigenvalue weighted by Crippen LogP contribution is -2.49. The Morgan fingerprint density at radius 3 is 2.71 bits per heavy atom. The van der Waals surface area contributed by atoms with Gasteiger partial charge in [0.25, 0.3) is 11.5 Å². The minimum atomic E-state index is -0.235. The van der Waals surface area contributed by atoms with Crippen LogP contribution in [0.1, 0.15) is 38.8 Å². The minimum Gasteiger partial charge on any atom is -0.461 e. The number of nitriles is 1. The van der Waals surface area contributed by atoms with Gasteiger partial charge in [-0.1, -0.05) is 24.3 Å². The molecule has 1 aromatic carbocycles. The number of rotatable bonds is 6. The van der Waals surface area contributed by atoms with Crippen molar-refractivity contribution in [2.45, 2.75) is 19.5 Å². The molecule has 0 bridgehead atoms. The number of piperazine rings is 1. The van der Waals surface area contributed by atoms with Crippen molar-refractivity contribution in [2.24, 2.45) is 0 Å². The van der Waals surface area contributed by atoms with Crippen LogP contribution >= 0.6 is 0 Å². The molecule has 206 valence electrons. The number of benzene rings is 1. The van der Waals surface area contributed by atoms with Crippen LogP contribution in [0, 0.1) is 18.3 Å². The molecule has 2 aliphatic rings. The van der Waals surface area contributed by atoms with Gasteiger partial charge in [0.2, 0.25) is 0 Å². The molecule has 4 aromatic rings. The smallest absolute Gasteiger partial charge is 0.317 e. The molecular weight excluding hydrogens is 522 g/mol. The summed E-state index contributed by atoms with van der Waals surface area (Å²) in [7, 11) is 0. The molecule has 12 heteroatoms. The standard InChI is InChI=1S/C29H27N9O3/c1-19-24(16-33-35-27(19)39)38-17-21-4-2-3-5-22(21)25(38)18-41-29-31-9-8-23(34-29)28(40)37-12-10-36(11-13-37)26-7-6-20(14-30)15-32-26/h2-9,15-16,25H,10-13,17-18H2,1H3,(H,35,39). The van der Waals surface area contributed by atoms with E-state index in [1.807, 2.05) is 24.3 Å². The molecule has 1 saturated heterocycles. The van der Waals surface area contributed by atoms with Crippen LogP contribution < -0.4 is 20.1 Å². The lowest BCUT2D eigenvalue weighted by Gasteiger charge is -2.35. The third kappa shape index (κ3) is 5.17. The van der Waals surface area contributed by atoms with Gasteiger partial charge in [-0.2, -0.15) is 15.3 Å². The van der Waals surface area contributed by atoms with Gasteiger partial charge >= 0.3 is 6.01 Å². The molecular formula is C29H27N9O3. The number of H-pyrrole nitrogens is 1. The summed E-state index contributed by atoms with van der Waals surface area (Å²) in [5, 5.41) is 15.5. The fourth-order valence-electron chi connectivity index (χ4n) is 5.26. The van der Waals surface area contributed by atoms with E-state index in [9.17, 15) is 9.59 Å². The number of pyridine rings is 1. The largest absolute Gasteiger partial charge is 0.461 e. The Hall–Kier alpha value is -5.31. The third-order valence-corrected chi connectivity index (χ3v) is 7.51. The first-order valence-electron chi connectivity index (χ1n) is 13.3. The summed E-state index contributed by atoms with van der Waals surface area (Å²) in [4.78, 5) is 44.5. The number of carbonyl (C=O) groups is 1. The number of ether oxygens (including phenoxy) is 1. The molecule has 0 aliphatic carbocycles. The first kappa shape index (κ1) is 25.9. The zero-order valence-corrected chi connectivity index (χ0v) is 22.4. The Bertz CT molecular complexity index is 1670. The first-order valence-corrected chi connectivity index (χ1v) is 13.3. The Kier molecular flexibility index (Phi) is 6.99. The predicted molar refractivity (Wildman–Crippen MR) is 150 cm³/mol. The average Bonchev–Trinajstić information content (AvgIpc) is 3.39. The molecule has 6 rings (SSSR count). The summed E-state index contributed by atoms with van der Waals surface area (Å²) in [6.07, 6.45) is 4.73. The summed E-state index contributed by atoms with van der Waals surface area (Å²) in [5.41, 5.74) is 4.09. The zero-order valence-electron chi connectivity index (χ0n) is 22.4. The summed E-state index contributed by atoms with van der Waals surface area (Å²) in [5.74, 6) is 0.588. The number of nitrogens with zero attached hydrogens (tertiary/aromatic N) is 8. The van der Waals surface area contributed by atoms with Crippen LogP contribution in [0.5, 0.6) is 6.01 Å². The highest BCUT2D eigenvalue weighted by Gasteiger charge is 2.32. The van der Waals surface area contributed by atoms with Gasteiger partial charge in [0.15, 0.2) is 0 Å². The Labute approximate surface area is 235 Å². The molecule has 0 radical (unpaired) electrons. The van der Waals surface area contributed by atoms with Crippen LogP contribution in [-0.4, -0.2) is 68.7 Å². The van der Waals surface area contributed by atoms with Crippen LogP contribution in [0.2, 0.25) is 0 Å². The summed E-state index contributed by atoms with van der Waals surface area (Å²) < 4.78 is 6.06. The fourth-order valence-corrected chi connectivity index (χ4v) is 5.26. The topological polar surface area (TPSA) is 144 Å². The van der Waals surface area contributed by atoms with Crippen molar-refractivity contribution in [1.29, 1.82) is 5.26 Å². The molecule has 1 amide bonds. The second kappa shape index (κ2) is 11.1. The van der Waals surface area contributed by atoms with Crippen molar-refractivity contribution in [1.82, 2.24) is 30.0 Å². The monoisotopic (exact) mass is 549 g/mol. The SMILES string of the molecule is Cc1c(N2Cc3ccccc3C2COc2nccc(C(=O)N3CCN(c4ccc(C#N)cn4)CC3)n2)cn[nH]c1=O. The third-order valence-electron chi connectivity index (χ3n) is 7.51. The second-order valence-corrected chi connectivity index (χ2v) is 9.88. The molecule has 1 fully saturated rings. The van der Waals surface area contributed by atoms with Gasteiger partial charge in [-0.3, -0.25) is 9.59 Å². The quantitative estimate of drug-likeness (QED) is 0.380. The van der Waals surface area contributed by atoms with Gasteiger partial charge in [0.05, 0.1) is 23.5 Å². The van der Waals surface area contributed by atoms with E-state index in [1.54, 1.807) is 36.4 Å². The maximum atomic E-state index is 13.3. The van der Waals surface area contributed by atoms with Crippen molar-refractivity contribution < 1.29 is 9.53 Å². The van der Waals surface area contributed by atoms with Crippen LogP contribution in [0.4, 0.5) is 11.5 Å². The highest BCUT2D eigenvalue weighted by molar-refractivity contribution is 5.92. The van der Waals surface area contributed by atoms with Crippen LogP contribution in [0.15, 0.2) is 65.8 Å². The van der Waals surface area contributed by atoms with E-state index >= 15 is 0 Å². The molecule has 2 aliphatic heterocycles. The highest BCUT2D eigenvalue weighted by Crippen LogP contribution is 2.38. The molecule has 41 heavy (non-hydrogen) atoms. The minimum absolute atomic E-state index is 0.112. The molecule has 1 N–H and O–H groups in total. The van der Waals surface area contributed by atoms with E-state index in [0.29, 0.717) is 43.9 Å². The van der Waals surface area contributed by atoms with Crippen LogP contribution in [-0.2, 0) is 6.54 Å². The summed E-state index contributed by atoms with van der Waals surface area (Å²) in [6.45, 7) is 4.86. The maximum Gasteiger partial charge on any atom is 0.317 e. The van der Waals surface area contributed by atoms with E-state index in [4.69, 9.17) is 10.00 Å². The van der Waals surface area contributed by atoms with E-state index in [1.165, 1.54) is 6.20 Å². The highest BCUT2D eigenvalue weighted by atomic mass is 16.5. The number of aromatic nitrogens is 5. The van der Waals surface area contributed by atoms with Gasteiger partial charge in [-0.15, -0.1) is 0 Å². The van der Waals surface area contributed by atoms with Gasteiger partial charge in [0, 0.05) is 50.7 Å². The normalized spacial score (nSPS) is 16.3. The number of hydrogen-bond acceptors (Lipinski definition) is 10. The molecule has 12 nitrogen and oxygen atoms in total. The predicted octanol–water partition coefficient (Wildman–Crippen LogP) is 2.24. The fraction of sp³-hybridized carbons (Fsp3) is 0.276. The Morgan fingerprint density at radius 1 is 1.10 bits per heavy atom. The van der Waals surface area contributed by atoms with Gasteiger partial charge in [-0.05, 0) is 36.2 Å². The molecule has 5 heterocycles. The van der Waals surface area contributed by atoms with Gasteiger partial charge < -0.3 is 19.4 Å². The first-order chi connectivity index (χ1) is 20.0. The number of anilines is 2. The van der Waals surface area contributed by atoms with Crippen molar-refractivity contribution in [3.8, 4) is 12.1 Å².